The topological polar surface area (TPSA) is 0 Å². The first-order valence-corrected chi connectivity index (χ1v) is 6.22. The lowest BCUT2D eigenvalue weighted by Crippen LogP contribution is -1.65. The van der Waals surface area contributed by atoms with Crippen molar-refractivity contribution in [2.75, 3.05) is 0 Å². The quantitative estimate of drug-likeness (QED) is 0.451. The van der Waals surface area contributed by atoms with Gasteiger partial charge in [0.25, 0.3) is 0 Å². The largest absolute Gasteiger partial charge is 0.0761 e. The number of allylic oxidation sites excluding steroid dienone is 4. The molecule has 0 unspecified atom stereocenters. The summed E-state index contributed by atoms with van der Waals surface area (Å²) < 4.78 is 0. The molecule has 0 saturated carbocycles. The van der Waals surface area contributed by atoms with Gasteiger partial charge in [0.15, 0.2) is 0 Å². The molecule has 0 aromatic heterocycles. The zero-order chi connectivity index (χ0) is 11.9. The molecule has 0 amide bonds. The fourth-order valence-corrected chi connectivity index (χ4v) is 1.08. The Balaban J connectivity index is 3.62. The molecule has 0 bridgehead atoms. The molecule has 0 aliphatic heterocycles. The Morgan fingerprint density at radius 2 is 1.19 bits per heavy atom. The van der Waals surface area contributed by atoms with E-state index in [0.717, 1.165) is 12.8 Å². The fraction of sp³-hybridized carbons (Fsp3) is 0.500. The first-order valence-electron chi connectivity index (χ1n) is 6.22. The van der Waals surface area contributed by atoms with Gasteiger partial charge in [-0.15, -0.1) is 0 Å². The number of unbranched alkanes of at least 4 members (excludes halogenated alkanes) is 4. The SMILES string of the molecule is CCCC/C=C\C#CC#C/C=C\CCCC. The molecule has 0 nitrogen and oxygen atoms in total. The van der Waals surface area contributed by atoms with Gasteiger partial charge in [0.05, 0.1) is 0 Å². The van der Waals surface area contributed by atoms with Gasteiger partial charge in [-0.3, -0.25) is 0 Å². The maximum Gasteiger partial charge on any atom is -0.0102 e. The predicted octanol–water partition coefficient (Wildman–Crippen LogP) is 4.49. The van der Waals surface area contributed by atoms with Crippen LogP contribution in [0.2, 0.25) is 0 Å². The van der Waals surface area contributed by atoms with Crippen LogP contribution in [0.3, 0.4) is 0 Å². The van der Waals surface area contributed by atoms with Gasteiger partial charge in [-0.2, -0.15) is 0 Å². The molecule has 0 N–H and O–H groups in total. The van der Waals surface area contributed by atoms with Crippen LogP contribution in [0, 0.1) is 23.7 Å². The summed E-state index contributed by atoms with van der Waals surface area (Å²) in [7, 11) is 0. The van der Waals surface area contributed by atoms with Crippen molar-refractivity contribution in [2.24, 2.45) is 0 Å². The van der Waals surface area contributed by atoms with Crippen molar-refractivity contribution in [3.63, 3.8) is 0 Å². The third-order valence-corrected chi connectivity index (χ3v) is 2.06. The highest BCUT2D eigenvalue weighted by Crippen LogP contribution is 1.94. The van der Waals surface area contributed by atoms with E-state index < -0.39 is 0 Å². The van der Waals surface area contributed by atoms with E-state index >= 15 is 0 Å². The normalized spacial score (nSPS) is 9.88. The first-order chi connectivity index (χ1) is 7.91. The molecule has 0 saturated heterocycles. The van der Waals surface area contributed by atoms with E-state index in [9.17, 15) is 0 Å². The molecule has 0 atom stereocenters. The lowest BCUT2D eigenvalue weighted by Gasteiger charge is -1.84. The monoisotopic (exact) mass is 214 g/mol. The van der Waals surface area contributed by atoms with Crippen LogP contribution in [0.1, 0.15) is 52.4 Å². The van der Waals surface area contributed by atoms with Crippen LogP contribution in [0.4, 0.5) is 0 Å². The van der Waals surface area contributed by atoms with E-state index in [1.807, 2.05) is 12.2 Å². The minimum atomic E-state index is 1.12. The number of hydrogen-bond acceptors (Lipinski definition) is 0. The second kappa shape index (κ2) is 13.6. The average molecular weight is 214 g/mol. The highest BCUT2D eigenvalue weighted by atomic mass is 13.8. The molecule has 0 rings (SSSR count). The Bertz CT molecular complexity index is 275. The second-order valence-corrected chi connectivity index (χ2v) is 3.63. The average Bonchev–Trinajstić information content (AvgIpc) is 2.31. The van der Waals surface area contributed by atoms with Crippen LogP contribution in [-0.4, -0.2) is 0 Å². The maximum absolute atomic E-state index is 2.91. The molecule has 86 valence electrons. The highest BCUT2D eigenvalue weighted by molar-refractivity contribution is 5.33. The molecule has 0 heteroatoms. The van der Waals surface area contributed by atoms with Crippen molar-refractivity contribution < 1.29 is 0 Å². The minimum absolute atomic E-state index is 1.12. The molecule has 16 heavy (non-hydrogen) atoms. The summed E-state index contributed by atoms with van der Waals surface area (Å²) in [4.78, 5) is 0. The van der Waals surface area contributed by atoms with Gasteiger partial charge in [0.2, 0.25) is 0 Å². The van der Waals surface area contributed by atoms with E-state index in [0.29, 0.717) is 0 Å². The third-order valence-electron chi connectivity index (χ3n) is 2.06. The minimum Gasteiger partial charge on any atom is -0.0761 e. The number of hydrogen-bond donors (Lipinski definition) is 0. The summed E-state index contributed by atoms with van der Waals surface area (Å²) in [6, 6.07) is 0. The van der Waals surface area contributed by atoms with Gasteiger partial charge in [-0.25, -0.2) is 0 Å². The fourth-order valence-electron chi connectivity index (χ4n) is 1.08. The maximum atomic E-state index is 2.91. The third kappa shape index (κ3) is 12.6. The van der Waals surface area contributed by atoms with Crippen molar-refractivity contribution in [3.8, 4) is 23.7 Å². The summed E-state index contributed by atoms with van der Waals surface area (Å²) in [6.45, 7) is 4.38. The Labute approximate surface area is 101 Å². The molecule has 0 aromatic rings. The Kier molecular flexibility index (Phi) is 12.4. The van der Waals surface area contributed by atoms with Gasteiger partial charge >= 0.3 is 0 Å². The summed E-state index contributed by atoms with van der Waals surface area (Å²) in [6.07, 6.45) is 15.2. The molecule has 0 aliphatic rings. The Morgan fingerprint density at radius 1 is 0.750 bits per heavy atom. The molecular weight excluding hydrogens is 192 g/mol. The summed E-state index contributed by atoms with van der Waals surface area (Å²) in [5.74, 6) is 11.4. The lowest BCUT2D eigenvalue weighted by atomic mass is 10.2. The van der Waals surface area contributed by atoms with Crippen molar-refractivity contribution in [1.82, 2.24) is 0 Å². The van der Waals surface area contributed by atoms with E-state index in [4.69, 9.17) is 0 Å². The summed E-state index contributed by atoms with van der Waals surface area (Å²) in [5.41, 5.74) is 0. The van der Waals surface area contributed by atoms with Crippen LogP contribution in [0.5, 0.6) is 0 Å². The zero-order valence-electron chi connectivity index (χ0n) is 10.6. The Morgan fingerprint density at radius 3 is 1.56 bits per heavy atom. The molecule has 0 aromatic carbocycles. The standard InChI is InChI=1S/C16H22/c1-3-5-7-9-11-13-15-16-14-12-10-8-6-4-2/h9-12H,3-8H2,1-2H3/b11-9-,12-10-. The van der Waals surface area contributed by atoms with Crippen LogP contribution >= 0.6 is 0 Å². The van der Waals surface area contributed by atoms with Gasteiger partial charge in [-0.1, -0.05) is 63.5 Å². The number of rotatable bonds is 6. The zero-order valence-corrected chi connectivity index (χ0v) is 10.6. The van der Waals surface area contributed by atoms with Gasteiger partial charge in [0, 0.05) is 0 Å². The van der Waals surface area contributed by atoms with E-state index in [2.05, 4.69) is 49.7 Å². The van der Waals surface area contributed by atoms with Gasteiger partial charge in [-0.05, 0) is 36.8 Å². The first kappa shape index (κ1) is 14.6. The van der Waals surface area contributed by atoms with Crippen molar-refractivity contribution in [3.05, 3.63) is 24.3 Å². The van der Waals surface area contributed by atoms with Crippen LogP contribution in [0.25, 0.3) is 0 Å². The van der Waals surface area contributed by atoms with Crippen LogP contribution in [0.15, 0.2) is 24.3 Å². The van der Waals surface area contributed by atoms with Crippen LogP contribution < -0.4 is 0 Å². The van der Waals surface area contributed by atoms with E-state index in [-0.39, 0.29) is 0 Å². The smallest absolute Gasteiger partial charge is 0.0102 e. The van der Waals surface area contributed by atoms with Crippen LogP contribution in [-0.2, 0) is 0 Å². The Hall–Kier alpha value is -1.40. The molecule has 0 spiro atoms. The molecule has 0 fully saturated rings. The highest BCUT2D eigenvalue weighted by Gasteiger charge is 1.75. The molecular formula is C16H22. The van der Waals surface area contributed by atoms with Crippen molar-refractivity contribution in [2.45, 2.75) is 52.4 Å². The van der Waals surface area contributed by atoms with Gasteiger partial charge in [0.1, 0.15) is 0 Å². The summed E-state index contributed by atoms with van der Waals surface area (Å²) >= 11 is 0. The molecule has 0 heterocycles. The van der Waals surface area contributed by atoms with E-state index in [1.54, 1.807) is 0 Å². The van der Waals surface area contributed by atoms with Crippen molar-refractivity contribution in [1.29, 1.82) is 0 Å². The lowest BCUT2D eigenvalue weighted by molar-refractivity contribution is 0.815. The molecule has 0 radical (unpaired) electrons. The molecule has 0 aliphatic carbocycles. The second-order valence-electron chi connectivity index (χ2n) is 3.63. The van der Waals surface area contributed by atoms with E-state index in [1.165, 1.54) is 25.7 Å². The summed E-state index contributed by atoms with van der Waals surface area (Å²) in [5, 5.41) is 0. The van der Waals surface area contributed by atoms with Crippen molar-refractivity contribution >= 4 is 0 Å². The predicted molar refractivity (Wildman–Crippen MR) is 72.9 cm³/mol. The van der Waals surface area contributed by atoms with Gasteiger partial charge < -0.3 is 0 Å².